The van der Waals surface area contributed by atoms with E-state index in [1.807, 2.05) is 6.07 Å². The van der Waals surface area contributed by atoms with E-state index >= 15 is 0 Å². The van der Waals surface area contributed by atoms with Gasteiger partial charge in [-0.25, -0.2) is 4.39 Å². The Morgan fingerprint density at radius 1 is 1.47 bits per heavy atom. The number of nitrogens with zero attached hydrogens (tertiary/aromatic N) is 1. The van der Waals surface area contributed by atoms with Crippen molar-refractivity contribution >= 4 is 15.9 Å². The predicted molar refractivity (Wildman–Crippen MR) is 80.7 cm³/mol. The summed E-state index contributed by atoms with van der Waals surface area (Å²) in [6.45, 7) is 6.44. The Morgan fingerprint density at radius 3 is 2.84 bits per heavy atom. The van der Waals surface area contributed by atoms with Crippen LogP contribution in [-0.4, -0.2) is 31.1 Å². The molecule has 1 heterocycles. The van der Waals surface area contributed by atoms with Crippen molar-refractivity contribution in [3.8, 4) is 0 Å². The van der Waals surface area contributed by atoms with Gasteiger partial charge in [0.1, 0.15) is 5.82 Å². The van der Waals surface area contributed by atoms with Gasteiger partial charge >= 0.3 is 0 Å². The van der Waals surface area contributed by atoms with Crippen LogP contribution in [0.15, 0.2) is 22.7 Å². The van der Waals surface area contributed by atoms with Gasteiger partial charge in [0.2, 0.25) is 0 Å². The Labute approximate surface area is 123 Å². The molecule has 0 aliphatic carbocycles. The molecule has 0 aromatic heterocycles. The lowest BCUT2D eigenvalue weighted by Gasteiger charge is -2.27. The molecule has 1 aliphatic heterocycles. The molecular formula is C15H22BrFN2. The first-order chi connectivity index (χ1) is 8.99. The summed E-state index contributed by atoms with van der Waals surface area (Å²) < 4.78 is 14.1. The Kier molecular flexibility index (Phi) is 4.98. The molecule has 1 N–H and O–H groups in total. The minimum atomic E-state index is -0.187. The van der Waals surface area contributed by atoms with E-state index in [1.54, 1.807) is 12.1 Å². The standard InChI is InChI=1S/C15H22BrFN2/c1-10(2)18-9-11-6-7-19(3)15(11)13-5-4-12(17)8-14(13)16/h4-5,8,10-11,15,18H,6-7,9H2,1-3H3. The lowest BCUT2D eigenvalue weighted by Crippen LogP contribution is -2.32. The van der Waals surface area contributed by atoms with Crippen LogP contribution in [0.1, 0.15) is 31.9 Å². The quantitative estimate of drug-likeness (QED) is 0.908. The second-order valence-corrected chi connectivity index (χ2v) is 6.56. The number of likely N-dealkylation sites (tertiary alicyclic amines) is 1. The van der Waals surface area contributed by atoms with Crippen molar-refractivity contribution in [1.29, 1.82) is 0 Å². The van der Waals surface area contributed by atoms with Crippen LogP contribution in [0, 0.1) is 11.7 Å². The van der Waals surface area contributed by atoms with E-state index in [1.165, 1.54) is 12.0 Å². The van der Waals surface area contributed by atoms with E-state index < -0.39 is 0 Å². The Bertz CT molecular complexity index is 436. The van der Waals surface area contributed by atoms with Crippen LogP contribution in [0.25, 0.3) is 0 Å². The SMILES string of the molecule is CC(C)NCC1CCN(C)C1c1ccc(F)cc1Br. The average Bonchev–Trinajstić information content (AvgIpc) is 2.68. The molecule has 4 heteroatoms. The van der Waals surface area contributed by atoms with Gasteiger partial charge in [0.15, 0.2) is 0 Å². The number of halogens is 2. The highest BCUT2D eigenvalue weighted by atomic mass is 79.9. The van der Waals surface area contributed by atoms with Crippen molar-refractivity contribution in [3.05, 3.63) is 34.1 Å². The summed E-state index contributed by atoms with van der Waals surface area (Å²) in [6, 6.07) is 5.89. The summed E-state index contributed by atoms with van der Waals surface area (Å²) in [5.41, 5.74) is 1.19. The van der Waals surface area contributed by atoms with Gasteiger partial charge in [-0.2, -0.15) is 0 Å². The van der Waals surface area contributed by atoms with Gasteiger partial charge in [-0.3, -0.25) is 4.90 Å². The molecule has 106 valence electrons. The van der Waals surface area contributed by atoms with Gasteiger partial charge < -0.3 is 5.32 Å². The molecule has 1 aromatic carbocycles. The minimum absolute atomic E-state index is 0.187. The fraction of sp³-hybridized carbons (Fsp3) is 0.600. The Hall–Kier alpha value is -0.450. The van der Waals surface area contributed by atoms with Gasteiger partial charge in [0, 0.05) is 23.1 Å². The summed E-state index contributed by atoms with van der Waals surface area (Å²) in [4.78, 5) is 2.37. The maximum Gasteiger partial charge on any atom is 0.124 e. The van der Waals surface area contributed by atoms with Crippen LogP contribution >= 0.6 is 15.9 Å². The van der Waals surface area contributed by atoms with Crippen LogP contribution < -0.4 is 5.32 Å². The third-order valence-electron chi connectivity index (χ3n) is 3.84. The maximum atomic E-state index is 13.2. The Balaban J connectivity index is 2.18. The molecule has 2 nitrogen and oxygen atoms in total. The molecule has 0 bridgehead atoms. The second-order valence-electron chi connectivity index (χ2n) is 5.70. The molecule has 0 radical (unpaired) electrons. The molecule has 1 aromatic rings. The van der Waals surface area contributed by atoms with Crippen LogP contribution in [0.4, 0.5) is 4.39 Å². The van der Waals surface area contributed by atoms with Crippen LogP contribution in [-0.2, 0) is 0 Å². The fourth-order valence-electron chi connectivity index (χ4n) is 2.86. The van der Waals surface area contributed by atoms with Gasteiger partial charge in [-0.05, 0) is 43.6 Å². The normalized spacial score (nSPS) is 24.3. The van der Waals surface area contributed by atoms with Crippen LogP contribution in [0.5, 0.6) is 0 Å². The molecule has 2 atom stereocenters. The zero-order valence-electron chi connectivity index (χ0n) is 11.8. The van der Waals surface area contributed by atoms with E-state index in [2.05, 4.69) is 47.0 Å². The first-order valence-corrected chi connectivity index (χ1v) is 7.67. The molecule has 0 saturated carbocycles. The first kappa shape index (κ1) is 14.9. The number of nitrogens with one attached hydrogen (secondary N) is 1. The monoisotopic (exact) mass is 328 g/mol. The van der Waals surface area contributed by atoms with Gasteiger partial charge in [-0.15, -0.1) is 0 Å². The molecule has 2 rings (SSSR count). The predicted octanol–water partition coefficient (Wildman–Crippen LogP) is 3.58. The summed E-state index contributed by atoms with van der Waals surface area (Å²) in [5.74, 6) is 0.391. The second kappa shape index (κ2) is 6.33. The van der Waals surface area contributed by atoms with Gasteiger partial charge in [-0.1, -0.05) is 35.8 Å². The van der Waals surface area contributed by atoms with Gasteiger partial charge in [0.25, 0.3) is 0 Å². The lowest BCUT2D eigenvalue weighted by atomic mass is 9.93. The molecule has 1 saturated heterocycles. The van der Waals surface area contributed by atoms with Crippen molar-refractivity contribution in [2.24, 2.45) is 5.92 Å². The molecule has 0 spiro atoms. The smallest absolute Gasteiger partial charge is 0.124 e. The highest BCUT2D eigenvalue weighted by molar-refractivity contribution is 9.10. The third kappa shape index (κ3) is 3.56. The summed E-state index contributed by atoms with van der Waals surface area (Å²) >= 11 is 3.51. The van der Waals surface area contributed by atoms with E-state index in [0.29, 0.717) is 18.0 Å². The van der Waals surface area contributed by atoms with Crippen molar-refractivity contribution in [2.45, 2.75) is 32.4 Å². The Morgan fingerprint density at radius 2 is 2.21 bits per heavy atom. The fourth-order valence-corrected chi connectivity index (χ4v) is 3.45. The zero-order valence-corrected chi connectivity index (χ0v) is 13.4. The maximum absolute atomic E-state index is 13.2. The van der Waals surface area contributed by atoms with Crippen LogP contribution in [0.3, 0.4) is 0 Å². The highest BCUT2D eigenvalue weighted by Gasteiger charge is 2.33. The summed E-state index contributed by atoms with van der Waals surface area (Å²) in [7, 11) is 2.15. The highest BCUT2D eigenvalue weighted by Crippen LogP contribution is 2.39. The van der Waals surface area contributed by atoms with Crippen molar-refractivity contribution < 1.29 is 4.39 Å². The summed E-state index contributed by atoms with van der Waals surface area (Å²) in [5, 5.41) is 3.52. The number of benzene rings is 1. The van der Waals surface area contributed by atoms with Crippen LogP contribution in [0.2, 0.25) is 0 Å². The van der Waals surface area contributed by atoms with E-state index in [4.69, 9.17) is 0 Å². The van der Waals surface area contributed by atoms with E-state index in [-0.39, 0.29) is 5.82 Å². The number of hydrogen-bond donors (Lipinski definition) is 1. The minimum Gasteiger partial charge on any atom is -0.314 e. The largest absolute Gasteiger partial charge is 0.314 e. The van der Waals surface area contributed by atoms with Gasteiger partial charge in [0.05, 0.1) is 0 Å². The molecule has 2 unspecified atom stereocenters. The number of hydrogen-bond acceptors (Lipinski definition) is 2. The van der Waals surface area contributed by atoms with E-state index in [0.717, 1.165) is 17.6 Å². The first-order valence-electron chi connectivity index (χ1n) is 6.87. The lowest BCUT2D eigenvalue weighted by molar-refractivity contribution is 0.268. The van der Waals surface area contributed by atoms with Crippen molar-refractivity contribution in [3.63, 3.8) is 0 Å². The molecule has 0 amide bonds. The number of rotatable bonds is 4. The molecule has 19 heavy (non-hydrogen) atoms. The molecule has 1 fully saturated rings. The van der Waals surface area contributed by atoms with Crippen molar-refractivity contribution in [1.82, 2.24) is 10.2 Å². The zero-order chi connectivity index (χ0) is 14.0. The topological polar surface area (TPSA) is 15.3 Å². The third-order valence-corrected chi connectivity index (χ3v) is 4.53. The average molecular weight is 329 g/mol. The summed E-state index contributed by atoms with van der Waals surface area (Å²) in [6.07, 6.45) is 1.19. The van der Waals surface area contributed by atoms with Crippen molar-refractivity contribution in [2.75, 3.05) is 20.1 Å². The molecular weight excluding hydrogens is 307 g/mol. The van der Waals surface area contributed by atoms with E-state index in [9.17, 15) is 4.39 Å². The molecule has 1 aliphatic rings.